The molecule has 0 saturated heterocycles. The van der Waals surface area contributed by atoms with Crippen LogP contribution >= 0.6 is 11.3 Å². The highest BCUT2D eigenvalue weighted by atomic mass is 32.1. The lowest BCUT2D eigenvalue weighted by atomic mass is 10.0. The van der Waals surface area contributed by atoms with Crippen molar-refractivity contribution >= 4 is 27.5 Å². The molecular formula is C21H23NO3S. The predicted molar refractivity (Wildman–Crippen MR) is 107 cm³/mol. The summed E-state index contributed by atoms with van der Waals surface area (Å²) in [5, 5.41) is 0.924. The molecule has 3 rings (SSSR count). The van der Waals surface area contributed by atoms with E-state index in [1.165, 1.54) is 11.3 Å². The molecule has 0 bridgehead atoms. The summed E-state index contributed by atoms with van der Waals surface area (Å²) in [4.78, 5) is 26.4. The summed E-state index contributed by atoms with van der Waals surface area (Å²) in [6, 6.07) is 13.2. The molecule has 0 radical (unpaired) electrons. The van der Waals surface area contributed by atoms with Gasteiger partial charge >= 0.3 is 5.97 Å². The maximum absolute atomic E-state index is 12.6. The molecule has 2 aromatic heterocycles. The van der Waals surface area contributed by atoms with E-state index in [0.29, 0.717) is 23.9 Å². The van der Waals surface area contributed by atoms with Crippen LogP contribution in [0.5, 0.6) is 0 Å². The molecule has 0 amide bonds. The number of rotatable bonds is 6. The number of aryl methyl sites for hydroxylation is 1. The Balaban J connectivity index is 2.26. The third-order valence-corrected chi connectivity index (χ3v) is 5.49. The quantitative estimate of drug-likeness (QED) is 0.578. The lowest BCUT2D eigenvalue weighted by molar-refractivity contribution is 0.0533. The number of nitrogens with zero attached hydrogens (tertiary/aromatic N) is 1. The average molecular weight is 369 g/mol. The molecule has 0 spiro atoms. The molecule has 5 heteroatoms. The highest BCUT2D eigenvalue weighted by molar-refractivity contribution is 7.21. The van der Waals surface area contributed by atoms with Gasteiger partial charge in [-0.3, -0.25) is 9.36 Å². The number of carbonyl (C=O) groups excluding carboxylic acids is 1. The second-order valence-electron chi connectivity index (χ2n) is 6.62. The van der Waals surface area contributed by atoms with Gasteiger partial charge in [-0.25, -0.2) is 4.79 Å². The molecule has 26 heavy (non-hydrogen) atoms. The predicted octanol–water partition coefficient (Wildman–Crippen LogP) is 4.95. The highest BCUT2D eigenvalue weighted by Gasteiger charge is 2.22. The van der Waals surface area contributed by atoms with E-state index in [1.54, 1.807) is 17.6 Å². The van der Waals surface area contributed by atoms with Crippen molar-refractivity contribution in [3.8, 4) is 11.1 Å². The SMILES string of the molecule is CCOC(=O)c1sc2c(ccc(=O)n2CCC(C)C)c1-c1ccccc1. The first-order valence-electron chi connectivity index (χ1n) is 8.91. The smallest absolute Gasteiger partial charge is 0.349 e. The molecule has 0 fully saturated rings. The zero-order valence-electron chi connectivity index (χ0n) is 15.3. The highest BCUT2D eigenvalue weighted by Crippen LogP contribution is 2.38. The zero-order valence-corrected chi connectivity index (χ0v) is 16.1. The standard InChI is InChI=1S/C21H23NO3S/c1-4-25-21(24)19-18(15-8-6-5-7-9-15)16-10-11-17(23)22(20(16)26-19)13-12-14(2)3/h5-11,14H,4,12-13H2,1-3H3. The van der Waals surface area contributed by atoms with Crippen molar-refractivity contribution < 1.29 is 9.53 Å². The summed E-state index contributed by atoms with van der Waals surface area (Å²) in [6.45, 7) is 7.04. The van der Waals surface area contributed by atoms with Crippen molar-refractivity contribution in [3.05, 3.63) is 57.7 Å². The molecule has 0 saturated carbocycles. The van der Waals surface area contributed by atoms with Gasteiger partial charge in [-0.05, 0) is 30.9 Å². The van der Waals surface area contributed by atoms with Crippen molar-refractivity contribution in [1.82, 2.24) is 4.57 Å². The second-order valence-corrected chi connectivity index (χ2v) is 7.62. The van der Waals surface area contributed by atoms with Gasteiger partial charge in [0, 0.05) is 23.6 Å². The van der Waals surface area contributed by atoms with Crippen LogP contribution in [-0.4, -0.2) is 17.1 Å². The van der Waals surface area contributed by atoms with Gasteiger partial charge in [-0.15, -0.1) is 11.3 Å². The molecule has 0 aliphatic rings. The molecule has 4 nitrogen and oxygen atoms in total. The van der Waals surface area contributed by atoms with E-state index >= 15 is 0 Å². The van der Waals surface area contributed by atoms with Crippen molar-refractivity contribution in [2.75, 3.05) is 6.61 Å². The number of esters is 1. The minimum atomic E-state index is -0.338. The third-order valence-electron chi connectivity index (χ3n) is 4.28. The zero-order chi connectivity index (χ0) is 18.7. The van der Waals surface area contributed by atoms with Crippen molar-refractivity contribution in [1.29, 1.82) is 0 Å². The van der Waals surface area contributed by atoms with E-state index in [2.05, 4.69) is 13.8 Å². The van der Waals surface area contributed by atoms with E-state index in [0.717, 1.165) is 27.8 Å². The lowest BCUT2D eigenvalue weighted by Gasteiger charge is -2.09. The Kier molecular flexibility index (Phi) is 5.57. The molecule has 136 valence electrons. The molecule has 0 unspecified atom stereocenters. The second kappa shape index (κ2) is 7.87. The number of hydrogen-bond acceptors (Lipinski definition) is 4. The van der Waals surface area contributed by atoms with Gasteiger partial charge in [0.2, 0.25) is 0 Å². The van der Waals surface area contributed by atoms with Gasteiger partial charge < -0.3 is 4.74 Å². The summed E-state index contributed by atoms with van der Waals surface area (Å²) in [5.74, 6) is 0.158. The van der Waals surface area contributed by atoms with Crippen LogP contribution in [0.1, 0.15) is 36.9 Å². The van der Waals surface area contributed by atoms with Crippen LogP contribution in [0.3, 0.4) is 0 Å². The first-order valence-corrected chi connectivity index (χ1v) is 9.73. The van der Waals surface area contributed by atoms with Crippen LogP contribution in [0.4, 0.5) is 0 Å². The Bertz CT molecular complexity index is 970. The number of hydrogen-bond donors (Lipinski definition) is 0. The number of benzene rings is 1. The number of pyridine rings is 1. The normalized spacial score (nSPS) is 11.2. The van der Waals surface area contributed by atoms with E-state index in [4.69, 9.17) is 4.74 Å². The minimum Gasteiger partial charge on any atom is -0.462 e. The van der Waals surface area contributed by atoms with Crippen LogP contribution in [0.25, 0.3) is 21.3 Å². The van der Waals surface area contributed by atoms with E-state index in [9.17, 15) is 9.59 Å². The number of fused-ring (bicyclic) bond motifs is 1. The monoisotopic (exact) mass is 369 g/mol. The molecule has 2 heterocycles. The maximum Gasteiger partial charge on any atom is 0.349 e. The van der Waals surface area contributed by atoms with E-state index in [1.807, 2.05) is 36.4 Å². The summed E-state index contributed by atoms with van der Waals surface area (Å²) in [7, 11) is 0. The number of thiophene rings is 1. The molecule has 0 atom stereocenters. The van der Waals surface area contributed by atoms with Gasteiger partial charge in [0.25, 0.3) is 5.56 Å². The Morgan fingerprint density at radius 3 is 2.54 bits per heavy atom. The van der Waals surface area contributed by atoms with Gasteiger partial charge in [0.1, 0.15) is 9.71 Å². The first kappa shape index (κ1) is 18.4. The van der Waals surface area contributed by atoms with E-state index in [-0.39, 0.29) is 11.5 Å². The Morgan fingerprint density at radius 1 is 1.15 bits per heavy atom. The fourth-order valence-electron chi connectivity index (χ4n) is 2.96. The molecule has 0 aliphatic heterocycles. The largest absolute Gasteiger partial charge is 0.462 e. The average Bonchev–Trinajstić information content (AvgIpc) is 3.01. The van der Waals surface area contributed by atoms with Crippen molar-refractivity contribution in [2.24, 2.45) is 5.92 Å². The molecule has 0 aliphatic carbocycles. The van der Waals surface area contributed by atoms with Gasteiger partial charge in [0.05, 0.1) is 6.61 Å². The van der Waals surface area contributed by atoms with Gasteiger partial charge in [-0.2, -0.15) is 0 Å². The van der Waals surface area contributed by atoms with Crippen LogP contribution in [-0.2, 0) is 11.3 Å². The molecule has 3 aromatic rings. The molecule has 1 aromatic carbocycles. The van der Waals surface area contributed by atoms with Crippen LogP contribution < -0.4 is 5.56 Å². The van der Waals surface area contributed by atoms with Crippen molar-refractivity contribution in [2.45, 2.75) is 33.7 Å². The minimum absolute atomic E-state index is 0.0329. The fraction of sp³-hybridized carbons (Fsp3) is 0.333. The summed E-state index contributed by atoms with van der Waals surface area (Å²) in [6.07, 6.45) is 0.909. The first-order chi connectivity index (χ1) is 12.5. The summed E-state index contributed by atoms with van der Waals surface area (Å²) < 4.78 is 7.06. The lowest BCUT2D eigenvalue weighted by Crippen LogP contribution is -2.19. The van der Waals surface area contributed by atoms with Crippen LogP contribution in [0.15, 0.2) is 47.3 Å². The molecule has 0 N–H and O–H groups in total. The Morgan fingerprint density at radius 2 is 1.88 bits per heavy atom. The maximum atomic E-state index is 12.6. The Hall–Kier alpha value is -2.40. The van der Waals surface area contributed by atoms with Crippen LogP contribution in [0.2, 0.25) is 0 Å². The number of ether oxygens (including phenoxy) is 1. The van der Waals surface area contributed by atoms with E-state index < -0.39 is 0 Å². The number of carbonyl (C=O) groups is 1. The van der Waals surface area contributed by atoms with Gasteiger partial charge in [-0.1, -0.05) is 44.2 Å². The topological polar surface area (TPSA) is 48.3 Å². The fourth-order valence-corrected chi connectivity index (χ4v) is 4.20. The Labute approximate surface area is 157 Å². The summed E-state index contributed by atoms with van der Waals surface area (Å²) in [5.41, 5.74) is 1.77. The van der Waals surface area contributed by atoms with Crippen LogP contribution in [0, 0.1) is 5.92 Å². The summed E-state index contributed by atoms with van der Waals surface area (Å²) >= 11 is 1.35. The van der Waals surface area contributed by atoms with Gasteiger partial charge in [0.15, 0.2) is 0 Å². The number of aromatic nitrogens is 1. The van der Waals surface area contributed by atoms with Crippen molar-refractivity contribution in [3.63, 3.8) is 0 Å². The molecular weight excluding hydrogens is 346 g/mol. The third kappa shape index (κ3) is 3.58.